The molecule has 0 N–H and O–H groups in total. The van der Waals surface area contributed by atoms with Gasteiger partial charge in [0.25, 0.3) is 0 Å². The normalized spacial score (nSPS) is 29.6. The van der Waals surface area contributed by atoms with E-state index in [1.165, 1.54) is 6.26 Å². The number of sulfonamides is 1. The fraction of sp³-hybridized carbons (Fsp3) is 1.00. The summed E-state index contributed by atoms with van der Waals surface area (Å²) in [5, 5.41) is 0. The Labute approximate surface area is 109 Å². The standard InChI is InChI=1S/C12H23NO4S/c1-16-9-11-10-17-8-5-12(11)3-6-13(7-4-12)18(2,14)15/h11H,3-10H2,1-2H3/t11-/m1/s1. The van der Waals surface area contributed by atoms with Crippen LogP contribution in [0.15, 0.2) is 0 Å². The van der Waals surface area contributed by atoms with Crippen LogP contribution < -0.4 is 0 Å². The largest absolute Gasteiger partial charge is 0.384 e. The van der Waals surface area contributed by atoms with Crippen LogP contribution in [0.5, 0.6) is 0 Å². The Bertz CT molecular complexity index is 372. The van der Waals surface area contributed by atoms with Crippen LogP contribution in [0.3, 0.4) is 0 Å². The molecule has 0 unspecified atom stereocenters. The first-order chi connectivity index (χ1) is 8.48. The van der Waals surface area contributed by atoms with Crippen molar-refractivity contribution >= 4 is 10.0 Å². The molecule has 0 aromatic rings. The molecule has 1 atom stereocenters. The molecule has 5 nitrogen and oxygen atoms in total. The Morgan fingerprint density at radius 1 is 1.33 bits per heavy atom. The van der Waals surface area contributed by atoms with E-state index in [1.54, 1.807) is 11.4 Å². The quantitative estimate of drug-likeness (QED) is 0.762. The number of hydrogen-bond acceptors (Lipinski definition) is 4. The molecule has 0 aliphatic carbocycles. The van der Waals surface area contributed by atoms with Gasteiger partial charge in [-0.2, -0.15) is 0 Å². The van der Waals surface area contributed by atoms with Crippen molar-refractivity contribution in [1.29, 1.82) is 0 Å². The molecule has 0 aromatic carbocycles. The summed E-state index contributed by atoms with van der Waals surface area (Å²) in [7, 11) is -1.32. The Kier molecular flexibility index (Phi) is 4.31. The molecular formula is C12H23NO4S. The maximum atomic E-state index is 11.5. The Morgan fingerprint density at radius 2 is 2.00 bits per heavy atom. The van der Waals surface area contributed by atoms with Gasteiger partial charge < -0.3 is 9.47 Å². The third kappa shape index (κ3) is 2.87. The summed E-state index contributed by atoms with van der Waals surface area (Å²) in [6.07, 6.45) is 4.18. The molecule has 2 heterocycles. The number of piperidine rings is 1. The summed E-state index contributed by atoms with van der Waals surface area (Å²) < 4.78 is 35.5. The molecule has 1 spiro atoms. The number of nitrogens with zero attached hydrogens (tertiary/aromatic N) is 1. The van der Waals surface area contributed by atoms with E-state index in [0.717, 1.165) is 32.5 Å². The molecule has 6 heteroatoms. The SMILES string of the molecule is COC[C@@H]1COCCC12CCN(S(C)(=O)=O)CC2. The van der Waals surface area contributed by atoms with Crippen LogP contribution in [0.4, 0.5) is 0 Å². The second-order valence-corrected chi connectivity index (χ2v) is 7.48. The molecule has 0 radical (unpaired) electrons. The number of ether oxygens (including phenoxy) is 2. The van der Waals surface area contributed by atoms with E-state index < -0.39 is 10.0 Å². The van der Waals surface area contributed by atoms with E-state index in [-0.39, 0.29) is 5.41 Å². The summed E-state index contributed by atoms with van der Waals surface area (Å²) in [6.45, 7) is 3.52. The maximum Gasteiger partial charge on any atom is 0.211 e. The first kappa shape index (κ1) is 14.2. The van der Waals surface area contributed by atoms with Crippen LogP contribution in [-0.2, 0) is 19.5 Å². The van der Waals surface area contributed by atoms with Gasteiger partial charge in [-0.15, -0.1) is 0 Å². The molecule has 0 aromatic heterocycles. The first-order valence-electron chi connectivity index (χ1n) is 6.50. The average Bonchev–Trinajstić information content (AvgIpc) is 2.32. The van der Waals surface area contributed by atoms with Crippen molar-refractivity contribution in [3.05, 3.63) is 0 Å². The summed E-state index contributed by atoms with van der Waals surface area (Å²) in [4.78, 5) is 0. The van der Waals surface area contributed by atoms with Gasteiger partial charge in [0.1, 0.15) is 0 Å². The molecule has 106 valence electrons. The van der Waals surface area contributed by atoms with Gasteiger partial charge >= 0.3 is 0 Å². The highest BCUT2D eigenvalue weighted by molar-refractivity contribution is 7.88. The van der Waals surface area contributed by atoms with E-state index in [9.17, 15) is 8.42 Å². The highest BCUT2D eigenvalue weighted by Gasteiger charge is 2.44. The summed E-state index contributed by atoms with van der Waals surface area (Å²) in [5.74, 6) is 0.401. The molecule has 2 aliphatic heterocycles. The average molecular weight is 277 g/mol. The molecule has 0 bridgehead atoms. The zero-order valence-electron chi connectivity index (χ0n) is 11.2. The third-order valence-electron chi connectivity index (χ3n) is 4.48. The van der Waals surface area contributed by atoms with Gasteiger partial charge in [0.05, 0.1) is 19.5 Å². The minimum Gasteiger partial charge on any atom is -0.384 e. The Morgan fingerprint density at radius 3 is 2.56 bits per heavy atom. The minimum atomic E-state index is -3.04. The zero-order valence-corrected chi connectivity index (χ0v) is 12.0. The summed E-state index contributed by atoms with van der Waals surface area (Å²) >= 11 is 0. The van der Waals surface area contributed by atoms with Gasteiger partial charge in [-0.3, -0.25) is 0 Å². The van der Waals surface area contributed by atoms with Crippen LogP contribution in [-0.4, -0.2) is 59.0 Å². The molecule has 2 fully saturated rings. The van der Waals surface area contributed by atoms with E-state index in [0.29, 0.717) is 25.6 Å². The van der Waals surface area contributed by atoms with E-state index in [4.69, 9.17) is 9.47 Å². The van der Waals surface area contributed by atoms with Crippen molar-refractivity contribution in [3.63, 3.8) is 0 Å². The first-order valence-corrected chi connectivity index (χ1v) is 8.35. The smallest absolute Gasteiger partial charge is 0.211 e. The lowest BCUT2D eigenvalue weighted by molar-refractivity contribution is -0.0881. The molecule has 18 heavy (non-hydrogen) atoms. The highest BCUT2D eigenvalue weighted by Crippen LogP contribution is 2.45. The fourth-order valence-corrected chi connectivity index (χ4v) is 4.08. The number of hydrogen-bond donors (Lipinski definition) is 0. The molecular weight excluding hydrogens is 254 g/mol. The minimum absolute atomic E-state index is 0.218. The maximum absolute atomic E-state index is 11.5. The summed E-state index contributed by atoms with van der Waals surface area (Å²) in [5.41, 5.74) is 0.218. The van der Waals surface area contributed by atoms with Crippen molar-refractivity contribution in [2.24, 2.45) is 11.3 Å². The predicted octanol–water partition coefficient (Wildman–Crippen LogP) is 0.711. The van der Waals surface area contributed by atoms with Crippen molar-refractivity contribution < 1.29 is 17.9 Å². The second-order valence-electron chi connectivity index (χ2n) is 5.50. The lowest BCUT2D eigenvalue weighted by atomic mass is 9.66. The monoisotopic (exact) mass is 277 g/mol. The molecule has 0 amide bonds. The van der Waals surface area contributed by atoms with Gasteiger partial charge in [-0.05, 0) is 24.7 Å². The zero-order chi connectivity index (χ0) is 13.2. The van der Waals surface area contributed by atoms with Crippen LogP contribution in [0.1, 0.15) is 19.3 Å². The van der Waals surface area contributed by atoms with Crippen molar-refractivity contribution in [2.75, 3.05) is 46.3 Å². The van der Waals surface area contributed by atoms with Gasteiger partial charge in [-0.1, -0.05) is 0 Å². The second kappa shape index (κ2) is 5.45. The van der Waals surface area contributed by atoms with Crippen LogP contribution in [0, 0.1) is 11.3 Å². The lowest BCUT2D eigenvalue weighted by Gasteiger charge is -2.48. The van der Waals surface area contributed by atoms with Crippen molar-refractivity contribution in [1.82, 2.24) is 4.31 Å². The Hall–Kier alpha value is -0.170. The fourth-order valence-electron chi connectivity index (χ4n) is 3.23. The van der Waals surface area contributed by atoms with E-state index in [2.05, 4.69) is 0 Å². The van der Waals surface area contributed by atoms with Crippen LogP contribution in [0.2, 0.25) is 0 Å². The molecule has 2 saturated heterocycles. The third-order valence-corrected chi connectivity index (χ3v) is 5.79. The van der Waals surface area contributed by atoms with Gasteiger partial charge in [0, 0.05) is 32.7 Å². The summed E-state index contributed by atoms with van der Waals surface area (Å²) in [6, 6.07) is 0. The van der Waals surface area contributed by atoms with Gasteiger partial charge in [0.15, 0.2) is 0 Å². The van der Waals surface area contributed by atoms with Crippen LogP contribution in [0.25, 0.3) is 0 Å². The lowest BCUT2D eigenvalue weighted by Crippen LogP contribution is -2.50. The van der Waals surface area contributed by atoms with Crippen molar-refractivity contribution in [2.45, 2.75) is 19.3 Å². The molecule has 2 aliphatic rings. The molecule has 0 saturated carbocycles. The molecule has 2 rings (SSSR count). The predicted molar refractivity (Wildman–Crippen MR) is 68.9 cm³/mol. The number of rotatable bonds is 3. The van der Waals surface area contributed by atoms with E-state index >= 15 is 0 Å². The topological polar surface area (TPSA) is 55.8 Å². The Balaban J connectivity index is 2.04. The van der Waals surface area contributed by atoms with Crippen molar-refractivity contribution in [3.8, 4) is 0 Å². The van der Waals surface area contributed by atoms with E-state index in [1.807, 2.05) is 0 Å². The highest BCUT2D eigenvalue weighted by atomic mass is 32.2. The van der Waals surface area contributed by atoms with Gasteiger partial charge in [-0.25, -0.2) is 12.7 Å². The van der Waals surface area contributed by atoms with Crippen LogP contribution >= 0.6 is 0 Å². The number of methoxy groups -OCH3 is 1. The van der Waals surface area contributed by atoms with Gasteiger partial charge in [0.2, 0.25) is 10.0 Å².